The van der Waals surface area contributed by atoms with Gasteiger partial charge in [0, 0.05) is 37.5 Å². The Labute approximate surface area is 239 Å². The van der Waals surface area contributed by atoms with Gasteiger partial charge in [-0.05, 0) is 71.1 Å². The van der Waals surface area contributed by atoms with Crippen molar-refractivity contribution in [3.05, 3.63) is 94.7 Å². The number of amides is 1. The van der Waals surface area contributed by atoms with Crippen LogP contribution in [0.4, 0.5) is 32.0 Å². The van der Waals surface area contributed by atoms with Crippen LogP contribution in [0.25, 0.3) is 22.8 Å². The maximum atomic E-state index is 13.3. The summed E-state index contributed by atoms with van der Waals surface area (Å²) in [7, 11) is 3.72. The molecule has 0 aliphatic heterocycles. The Balaban J connectivity index is 1.70. The third-order valence-corrected chi connectivity index (χ3v) is 6.59. The van der Waals surface area contributed by atoms with Gasteiger partial charge in [-0.1, -0.05) is 32.9 Å². The van der Waals surface area contributed by atoms with Gasteiger partial charge in [-0.3, -0.25) is 4.79 Å². The van der Waals surface area contributed by atoms with Crippen molar-refractivity contribution < 1.29 is 35.6 Å². The van der Waals surface area contributed by atoms with Crippen LogP contribution in [0.15, 0.2) is 71.1 Å². The molecule has 4 aromatic rings. The lowest BCUT2D eigenvalue weighted by Gasteiger charge is -2.18. The Morgan fingerprint density at radius 1 is 0.786 bits per heavy atom. The van der Waals surface area contributed by atoms with E-state index in [9.17, 15) is 31.1 Å². The van der Waals surface area contributed by atoms with Crippen LogP contribution in [0.5, 0.6) is 0 Å². The van der Waals surface area contributed by atoms with E-state index in [1.807, 2.05) is 31.1 Å². The fourth-order valence-electron chi connectivity index (χ4n) is 4.20. The molecule has 4 rings (SSSR count). The van der Waals surface area contributed by atoms with Crippen LogP contribution in [0.2, 0.25) is 0 Å². The van der Waals surface area contributed by atoms with E-state index < -0.39 is 35.9 Å². The first-order valence-electron chi connectivity index (χ1n) is 12.9. The van der Waals surface area contributed by atoms with Gasteiger partial charge in [0.05, 0.1) is 11.1 Å². The monoisotopic (exact) mass is 589 g/mol. The molecule has 0 unspecified atom stereocenters. The van der Waals surface area contributed by atoms with E-state index in [0.29, 0.717) is 23.3 Å². The first-order chi connectivity index (χ1) is 19.4. The lowest BCUT2D eigenvalue weighted by molar-refractivity contribution is -0.143. The number of anilines is 1. The molecule has 0 aliphatic rings. The van der Waals surface area contributed by atoms with Crippen LogP contribution < -0.4 is 10.2 Å². The number of benzene rings is 3. The van der Waals surface area contributed by atoms with Gasteiger partial charge in [-0.2, -0.15) is 26.3 Å². The van der Waals surface area contributed by atoms with Gasteiger partial charge >= 0.3 is 12.4 Å². The van der Waals surface area contributed by atoms with Crippen LogP contribution >= 0.6 is 0 Å². The van der Waals surface area contributed by atoms with E-state index in [4.69, 9.17) is 4.42 Å². The molecule has 0 saturated carbocycles. The highest BCUT2D eigenvalue weighted by Gasteiger charge is 2.37. The van der Waals surface area contributed by atoms with Crippen LogP contribution in [-0.4, -0.2) is 25.0 Å². The van der Waals surface area contributed by atoms with Crippen molar-refractivity contribution >= 4 is 11.6 Å². The smallest absolute Gasteiger partial charge is 0.416 e. The Hall–Kier alpha value is -4.28. The fraction of sp³-hybridized carbons (Fsp3) is 0.290. The van der Waals surface area contributed by atoms with E-state index in [1.54, 1.807) is 36.4 Å². The number of carbonyl (C=O) groups is 1. The number of nitrogens with one attached hydrogen (secondary N) is 1. The number of halogens is 6. The Morgan fingerprint density at radius 3 is 1.79 bits per heavy atom. The summed E-state index contributed by atoms with van der Waals surface area (Å²) in [6, 6.07) is 15.7. The van der Waals surface area contributed by atoms with Crippen molar-refractivity contribution in [2.24, 2.45) is 0 Å². The van der Waals surface area contributed by atoms with Gasteiger partial charge < -0.3 is 14.6 Å². The van der Waals surface area contributed by atoms with E-state index in [2.05, 4.69) is 31.1 Å². The summed E-state index contributed by atoms with van der Waals surface area (Å²) in [6.45, 7) is 5.58. The van der Waals surface area contributed by atoms with Gasteiger partial charge in [0.1, 0.15) is 0 Å². The van der Waals surface area contributed by atoms with Crippen LogP contribution in [0.1, 0.15) is 53.5 Å². The van der Waals surface area contributed by atoms with E-state index in [0.717, 1.165) is 11.3 Å². The van der Waals surface area contributed by atoms with Crippen molar-refractivity contribution in [1.82, 2.24) is 10.3 Å². The summed E-state index contributed by atoms with van der Waals surface area (Å²) in [5.74, 6) is -0.590. The number of nitrogens with zero attached hydrogens (tertiary/aromatic N) is 2. The number of carbonyl (C=O) groups excluding carboxylic acids is 1. The molecule has 0 radical (unpaired) electrons. The molecule has 42 heavy (non-hydrogen) atoms. The Morgan fingerprint density at radius 2 is 1.31 bits per heavy atom. The first kappa shape index (κ1) is 30.7. The number of alkyl halides is 6. The summed E-state index contributed by atoms with van der Waals surface area (Å²) in [6.07, 6.45) is -10.0. The standard InChI is InChI=1S/C31H29F6N3O2/c1-29(2,3)21-10-6-20(7-11-21)28-39-25(26(42-28)19-8-12-24(13-9-19)40(4)5)27(41)38-17-18-14-22(30(32,33)34)16-23(15-18)31(35,36)37/h6-16H,17H2,1-5H3,(H,38,41). The maximum absolute atomic E-state index is 13.3. The average molecular weight is 590 g/mol. The van der Waals surface area contributed by atoms with Crippen LogP contribution in [0, 0.1) is 0 Å². The number of hydrogen-bond acceptors (Lipinski definition) is 4. The van der Waals surface area contributed by atoms with Crippen molar-refractivity contribution in [1.29, 1.82) is 0 Å². The first-order valence-corrected chi connectivity index (χ1v) is 12.9. The zero-order valence-corrected chi connectivity index (χ0v) is 23.5. The molecule has 0 fully saturated rings. The molecular weight excluding hydrogens is 560 g/mol. The number of oxazole rings is 1. The maximum Gasteiger partial charge on any atom is 0.416 e. The predicted octanol–water partition coefficient (Wildman–Crippen LogP) is 8.34. The Kier molecular flexibility index (Phi) is 8.17. The molecule has 0 bridgehead atoms. The third-order valence-electron chi connectivity index (χ3n) is 6.59. The second-order valence-electron chi connectivity index (χ2n) is 11.1. The lowest BCUT2D eigenvalue weighted by Crippen LogP contribution is -2.24. The van der Waals surface area contributed by atoms with Crippen molar-refractivity contribution in [3.8, 4) is 22.8 Å². The van der Waals surface area contributed by atoms with Crippen molar-refractivity contribution in [2.75, 3.05) is 19.0 Å². The van der Waals surface area contributed by atoms with E-state index in [1.165, 1.54) is 0 Å². The molecule has 1 amide bonds. The van der Waals surface area contributed by atoms with Gasteiger partial charge in [0.15, 0.2) is 11.5 Å². The third kappa shape index (κ3) is 6.95. The molecule has 5 nitrogen and oxygen atoms in total. The normalized spacial score (nSPS) is 12.4. The molecule has 11 heteroatoms. The SMILES string of the molecule is CN(C)c1ccc(-c2oc(-c3ccc(C(C)(C)C)cc3)nc2C(=O)NCc2cc(C(F)(F)F)cc(C(F)(F)F)c2)cc1. The second-order valence-corrected chi connectivity index (χ2v) is 11.1. The number of hydrogen-bond donors (Lipinski definition) is 1. The van der Waals surface area contributed by atoms with Gasteiger partial charge in [0.2, 0.25) is 5.89 Å². The number of aromatic nitrogens is 1. The van der Waals surface area contributed by atoms with Gasteiger partial charge in [0.25, 0.3) is 5.91 Å². The summed E-state index contributed by atoms with van der Waals surface area (Å²) in [5, 5.41) is 2.40. The largest absolute Gasteiger partial charge is 0.435 e. The fourth-order valence-corrected chi connectivity index (χ4v) is 4.20. The summed E-state index contributed by atoms with van der Waals surface area (Å²) < 4.78 is 85.8. The molecule has 0 spiro atoms. The van der Waals surface area contributed by atoms with Crippen molar-refractivity contribution in [2.45, 2.75) is 45.1 Å². The highest BCUT2D eigenvalue weighted by atomic mass is 19.4. The molecule has 222 valence electrons. The highest BCUT2D eigenvalue weighted by Crippen LogP contribution is 2.37. The summed E-state index contributed by atoms with van der Waals surface area (Å²) >= 11 is 0. The molecule has 0 aliphatic carbocycles. The molecular formula is C31H29F6N3O2. The topological polar surface area (TPSA) is 58.4 Å². The highest BCUT2D eigenvalue weighted by molar-refractivity contribution is 5.98. The van der Waals surface area contributed by atoms with E-state index in [-0.39, 0.29) is 34.4 Å². The Bertz CT molecular complexity index is 1530. The molecule has 0 saturated heterocycles. The summed E-state index contributed by atoms with van der Waals surface area (Å²) in [4.78, 5) is 19.6. The molecule has 0 atom stereocenters. The van der Waals surface area contributed by atoms with Gasteiger partial charge in [-0.25, -0.2) is 4.98 Å². The predicted molar refractivity (Wildman–Crippen MR) is 148 cm³/mol. The minimum atomic E-state index is -5.00. The lowest BCUT2D eigenvalue weighted by atomic mass is 9.87. The minimum Gasteiger partial charge on any atom is -0.435 e. The van der Waals surface area contributed by atoms with Crippen LogP contribution in [-0.2, 0) is 24.3 Å². The molecule has 1 heterocycles. The molecule has 1 N–H and O–H groups in total. The minimum absolute atomic E-state index is 0.0374. The van der Waals surface area contributed by atoms with Crippen LogP contribution in [0.3, 0.4) is 0 Å². The summed E-state index contributed by atoms with van der Waals surface area (Å²) in [5.41, 5.74) is -0.530. The zero-order valence-electron chi connectivity index (χ0n) is 23.5. The second kappa shape index (κ2) is 11.2. The quantitative estimate of drug-likeness (QED) is 0.230. The number of rotatable bonds is 6. The van der Waals surface area contributed by atoms with Crippen molar-refractivity contribution in [3.63, 3.8) is 0 Å². The molecule has 3 aromatic carbocycles. The van der Waals surface area contributed by atoms with E-state index >= 15 is 0 Å². The van der Waals surface area contributed by atoms with Gasteiger partial charge in [-0.15, -0.1) is 0 Å². The average Bonchev–Trinajstić information content (AvgIpc) is 3.36. The molecule has 1 aromatic heterocycles. The zero-order chi connectivity index (χ0) is 31.0.